The van der Waals surface area contributed by atoms with Crippen LogP contribution in [0.25, 0.3) is 0 Å². The highest BCUT2D eigenvalue weighted by atomic mass is 79.9. The zero-order valence-electron chi connectivity index (χ0n) is 7.64. The molecule has 0 aromatic heterocycles. The number of ether oxygens (including phenoxy) is 1. The maximum absolute atomic E-state index is 5.37. The van der Waals surface area contributed by atoms with Gasteiger partial charge in [0.05, 0.1) is 6.61 Å². The molecule has 0 aliphatic rings. The Labute approximate surface area is 82.9 Å². The van der Waals surface area contributed by atoms with Crippen molar-refractivity contribution in [2.75, 3.05) is 11.9 Å². The molecule has 0 aromatic carbocycles. The van der Waals surface area contributed by atoms with Crippen molar-refractivity contribution in [3.63, 3.8) is 0 Å². The lowest BCUT2D eigenvalue weighted by atomic mass is 10.2. The van der Waals surface area contributed by atoms with E-state index in [0.29, 0.717) is 6.61 Å². The van der Waals surface area contributed by atoms with Gasteiger partial charge in [-0.25, -0.2) is 0 Å². The van der Waals surface area contributed by atoms with Crippen LogP contribution in [0.5, 0.6) is 0 Å². The molecule has 0 bridgehead atoms. The molecule has 0 saturated carbocycles. The van der Waals surface area contributed by atoms with Gasteiger partial charge in [-0.15, -0.1) is 0 Å². The van der Waals surface area contributed by atoms with Crippen LogP contribution in [0.3, 0.4) is 0 Å². The molecule has 2 heteroatoms. The number of alkyl halides is 1. The van der Waals surface area contributed by atoms with Gasteiger partial charge in [-0.3, -0.25) is 0 Å². The van der Waals surface area contributed by atoms with Crippen molar-refractivity contribution in [1.29, 1.82) is 0 Å². The smallest absolute Gasteiger partial charge is 0.118 e. The molecule has 0 saturated heterocycles. The highest BCUT2D eigenvalue weighted by Crippen LogP contribution is 2.04. The summed E-state index contributed by atoms with van der Waals surface area (Å²) >= 11 is 3.29. The van der Waals surface area contributed by atoms with Crippen LogP contribution in [0.2, 0.25) is 0 Å². The second-order valence-corrected chi connectivity index (χ2v) is 3.11. The maximum atomic E-state index is 5.37. The van der Waals surface area contributed by atoms with Crippen molar-refractivity contribution in [2.45, 2.75) is 13.8 Å². The fourth-order valence-corrected chi connectivity index (χ4v) is 0.786. The first-order valence-corrected chi connectivity index (χ1v) is 5.02. The molecule has 0 unspecified atom stereocenters. The molecule has 0 amide bonds. The van der Waals surface area contributed by atoms with Crippen LogP contribution in [0.1, 0.15) is 13.8 Å². The number of hydrogen-bond donors (Lipinski definition) is 0. The minimum atomic E-state index is 0.675. The Bertz CT molecular complexity index is 192. The quantitative estimate of drug-likeness (QED) is 0.400. The molecule has 0 atom stereocenters. The Morgan fingerprint density at radius 2 is 2.25 bits per heavy atom. The van der Waals surface area contributed by atoms with Crippen molar-refractivity contribution in [3.05, 3.63) is 36.1 Å². The van der Waals surface area contributed by atoms with Crippen LogP contribution in [0, 0.1) is 0 Å². The molecule has 0 heterocycles. The summed E-state index contributed by atoms with van der Waals surface area (Å²) in [7, 11) is 0. The SMILES string of the molecule is C=C/C(=C\C(C)=C/C)OCCBr. The Morgan fingerprint density at radius 1 is 1.58 bits per heavy atom. The summed E-state index contributed by atoms with van der Waals surface area (Å²) < 4.78 is 5.37. The molecule has 68 valence electrons. The van der Waals surface area contributed by atoms with E-state index < -0.39 is 0 Å². The summed E-state index contributed by atoms with van der Waals surface area (Å²) in [5.41, 5.74) is 1.18. The minimum absolute atomic E-state index is 0.675. The second kappa shape index (κ2) is 7.17. The van der Waals surface area contributed by atoms with Crippen LogP contribution < -0.4 is 0 Å². The lowest BCUT2D eigenvalue weighted by molar-refractivity contribution is 0.246. The topological polar surface area (TPSA) is 9.23 Å². The molecule has 0 aromatic rings. The third kappa shape index (κ3) is 5.19. The summed E-state index contributed by atoms with van der Waals surface area (Å²) in [4.78, 5) is 0. The van der Waals surface area contributed by atoms with Crippen molar-refractivity contribution >= 4 is 15.9 Å². The van der Waals surface area contributed by atoms with Gasteiger partial charge in [0.15, 0.2) is 0 Å². The molecule has 0 aliphatic carbocycles. The maximum Gasteiger partial charge on any atom is 0.118 e. The van der Waals surface area contributed by atoms with Gasteiger partial charge in [-0.2, -0.15) is 0 Å². The van der Waals surface area contributed by atoms with E-state index in [-0.39, 0.29) is 0 Å². The second-order valence-electron chi connectivity index (χ2n) is 2.32. The number of allylic oxidation sites excluding steroid dienone is 4. The Morgan fingerprint density at radius 3 is 2.67 bits per heavy atom. The molecule has 0 aliphatic heterocycles. The highest BCUT2D eigenvalue weighted by Gasteiger charge is 1.91. The molecule has 0 rings (SSSR count). The van der Waals surface area contributed by atoms with Gasteiger partial charge in [-0.1, -0.05) is 34.2 Å². The first kappa shape index (κ1) is 11.5. The van der Waals surface area contributed by atoms with Gasteiger partial charge in [0.25, 0.3) is 0 Å². The molecule has 1 nitrogen and oxygen atoms in total. The van der Waals surface area contributed by atoms with Crippen LogP contribution >= 0.6 is 15.9 Å². The van der Waals surface area contributed by atoms with Gasteiger partial charge >= 0.3 is 0 Å². The Hall–Kier alpha value is -0.500. The fourth-order valence-electron chi connectivity index (χ4n) is 0.624. The van der Waals surface area contributed by atoms with Crippen LogP contribution in [-0.4, -0.2) is 11.9 Å². The average Bonchev–Trinajstić information content (AvgIpc) is 2.11. The monoisotopic (exact) mass is 230 g/mol. The zero-order chi connectivity index (χ0) is 9.40. The minimum Gasteiger partial charge on any atom is -0.493 e. The van der Waals surface area contributed by atoms with Crippen molar-refractivity contribution in [3.8, 4) is 0 Å². The third-order valence-electron chi connectivity index (χ3n) is 1.37. The van der Waals surface area contributed by atoms with E-state index in [1.165, 1.54) is 5.57 Å². The van der Waals surface area contributed by atoms with E-state index >= 15 is 0 Å². The van der Waals surface area contributed by atoms with E-state index in [2.05, 4.69) is 22.5 Å². The summed E-state index contributed by atoms with van der Waals surface area (Å²) in [6.45, 7) is 8.37. The number of rotatable bonds is 5. The number of halogens is 1. The van der Waals surface area contributed by atoms with E-state index in [1.807, 2.05) is 26.0 Å². The van der Waals surface area contributed by atoms with Crippen molar-refractivity contribution in [2.24, 2.45) is 0 Å². The molecule has 0 N–H and O–H groups in total. The van der Waals surface area contributed by atoms with Gasteiger partial charge < -0.3 is 4.74 Å². The zero-order valence-corrected chi connectivity index (χ0v) is 9.23. The van der Waals surface area contributed by atoms with E-state index in [4.69, 9.17) is 4.74 Å². The summed E-state index contributed by atoms with van der Waals surface area (Å²) in [6.07, 6.45) is 5.71. The molecule has 0 fully saturated rings. The standard InChI is InChI=1S/C10H15BrO/c1-4-9(3)8-10(5-2)12-7-6-11/h4-5,8H,2,6-7H2,1,3H3/b9-4-,10-8+. The van der Waals surface area contributed by atoms with Crippen LogP contribution in [0.4, 0.5) is 0 Å². The van der Waals surface area contributed by atoms with Gasteiger partial charge in [0, 0.05) is 5.33 Å². The van der Waals surface area contributed by atoms with Gasteiger partial charge in [-0.05, 0) is 26.0 Å². The molecule has 0 spiro atoms. The molecular weight excluding hydrogens is 216 g/mol. The first-order valence-electron chi connectivity index (χ1n) is 3.90. The lowest BCUT2D eigenvalue weighted by Gasteiger charge is -2.03. The predicted molar refractivity (Wildman–Crippen MR) is 57.5 cm³/mol. The molecular formula is C10H15BrO. The summed E-state index contributed by atoms with van der Waals surface area (Å²) in [5, 5.41) is 0.840. The molecule has 0 radical (unpaired) electrons. The van der Waals surface area contributed by atoms with E-state index in [1.54, 1.807) is 6.08 Å². The van der Waals surface area contributed by atoms with Gasteiger partial charge in [0.1, 0.15) is 5.76 Å². The van der Waals surface area contributed by atoms with Crippen LogP contribution in [-0.2, 0) is 4.74 Å². The summed E-state index contributed by atoms with van der Waals surface area (Å²) in [5.74, 6) is 0.824. The Balaban J connectivity index is 4.13. The number of hydrogen-bond acceptors (Lipinski definition) is 1. The molecule has 12 heavy (non-hydrogen) atoms. The van der Waals surface area contributed by atoms with Gasteiger partial charge in [0.2, 0.25) is 0 Å². The predicted octanol–water partition coefficient (Wildman–Crippen LogP) is 3.43. The third-order valence-corrected chi connectivity index (χ3v) is 1.70. The summed E-state index contributed by atoms with van der Waals surface area (Å²) in [6, 6.07) is 0. The van der Waals surface area contributed by atoms with Crippen molar-refractivity contribution in [1.82, 2.24) is 0 Å². The Kier molecular flexibility index (Phi) is 6.87. The normalized spacial score (nSPS) is 12.9. The van der Waals surface area contributed by atoms with Crippen LogP contribution in [0.15, 0.2) is 36.1 Å². The van der Waals surface area contributed by atoms with E-state index in [0.717, 1.165) is 11.1 Å². The highest BCUT2D eigenvalue weighted by molar-refractivity contribution is 9.09. The first-order chi connectivity index (χ1) is 5.74. The van der Waals surface area contributed by atoms with E-state index in [9.17, 15) is 0 Å². The van der Waals surface area contributed by atoms with Crippen molar-refractivity contribution < 1.29 is 4.74 Å². The average molecular weight is 231 g/mol. The lowest BCUT2D eigenvalue weighted by Crippen LogP contribution is -1.93. The fraction of sp³-hybridized carbons (Fsp3) is 0.400. The largest absolute Gasteiger partial charge is 0.493 e.